The average molecular weight is 461 g/mol. The smallest absolute Gasteiger partial charge is 0.237 e. The highest BCUT2D eigenvalue weighted by molar-refractivity contribution is 7.99. The lowest BCUT2D eigenvalue weighted by Crippen LogP contribution is -2.30. The van der Waals surface area contributed by atoms with E-state index in [4.69, 9.17) is 23.2 Å². The average Bonchev–Trinajstić information content (AvgIpc) is 3.30. The molecule has 4 rings (SSSR count). The van der Waals surface area contributed by atoms with Crippen molar-refractivity contribution >= 4 is 46.6 Å². The van der Waals surface area contributed by atoms with Crippen LogP contribution in [0.3, 0.4) is 0 Å². The maximum absolute atomic E-state index is 12.9. The summed E-state index contributed by atoms with van der Waals surface area (Å²) >= 11 is 13.9. The van der Waals surface area contributed by atoms with Crippen molar-refractivity contribution in [2.75, 3.05) is 17.2 Å². The molecule has 2 heterocycles. The van der Waals surface area contributed by atoms with E-state index in [0.29, 0.717) is 32.7 Å². The third-order valence-electron chi connectivity index (χ3n) is 4.95. The molecule has 0 saturated carbocycles. The Morgan fingerprint density at radius 1 is 1.17 bits per heavy atom. The molecule has 1 aliphatic heterocycles. The normalized spacial score (nSPS) is 13.2. The topological polar surface area (TPSA) is 51.0 Å². The van der Waals surface area contributed by atoms with Gasteiger partial charge in [-0.1, -0.05) is 67.0 Å². The highest BCUT2D eigenvalue weighted by Crippen LogP contribution is 2.33. The van der Waals surface area contributed by atoms with Gasteiger partial charge in [0, 0.05) is 29.4 Å². The number of carbonyl (C=O) groups is 1. The quantitative estimate of drug-likeness (QED) is 0.449. The van der Waals surface area contributed by atoms with E-state index in [9.17, 15) is 4.79 Å². The van der Waals surface area contributed by atoms with Gasteiger partial charge in [-0.15, -0.1) is 10.2 Å². The van der Waals surface area contributed by atoms with Gasteiger partial charge in [0.05, 0.1) is 10.8 Å². The molecule has 0 aliphatic carbocycles. The van der Waals surface area contributed by atoms with E-state index in [2.05, 4.69) is 30.1 Å². The van der Waals surface area contributed by atoms with E-state index in [1.165, 1.54) is 17.3 Å². The van der Waals surface area contributed by atoms with Crippen LogP contribution in [0.2, 0.25) is 10.0 Å². The van der Waals surface area contributed by atoms with Crippen LogP contribution in [-0.2, 0) is 17.8 Å². The summed E-state index contributed by atoms with van der Waals surface area (Å²) < 4.78 is 2.04. The first-order chi connectivity index (χ1) is 14.4. The van der Waals surface area contributed by atoms with Gasteiger partial charge in [0.25, 0.3) is 0 Å². The Morgan fingerprint density at radius 2 is 1.97 bits per heavy atom. The number of fused-ring (bicyclic) bond motifs is 1. The molecule has 1 amide bonds. The standard InChI is InChI=1S/C22H22Cl2N4OS/c1-14(2)12-28-21(17-8-7-16(23)11-18(17)24)25-26-22(28)30-13-20(29)27-10-9-15-5-3-4-6-19(15)27/h3-8,11,14H,9-10,12-13H2,1-2H3. The van der Waals surface area contributed by atoms with Gasteiger partial charge in [-0.3, -0.25) is 4.79 Å². The molecule has 0 N–H and O–H groups in total. The number of hydrogen-bond donors (Lipinski definition) is 0. The van der Waals surface area contributed by atoms with E-state index in [0.717, 1.165) is 30.8 Å². The molecule has 0 unspecified atom stereocenters. The Labute approximate surface area is 190 Å². The van der Waals surface area contributed by atoms with E-state index < -0.39 is 0 Å². The number of carbonyl (C=O) groups excluding carboxylic acids is 1. The van der Waals surface area contributed by atoms with Crippen LogP contribution in [0.1, 0.15) is 19.4 Å². The molecule has 3 aromatic rings. The first-order valence-electron chi connectivity index (χ1n) is 9.83. The summed E-state index contributed by atoms with van der Waals surface area (Å²) in [5.74, 6) is 1.45. The zero-order chi connectivity index (χ0) is 21.3. The molecule has 2 aromatic carbocycles. The van der Waals surface area contributed by atoms with Crippen molar-refractivity contribution in [1.82, 2.24) is 14.8 Å². The van der Waals surface area contributed by atoms with Crippen LogP contribution in [0.5, 0.6) is 0 Å². The van der Waals surface area contributed by atoms with Gasteiger partial charge in [-0.05, 0) is 42.2 Å². The minimum atomic E-state index is 0.0788. The van der Waals surface area contributed by atoms with Crippen LogP contribution < -0.4 is 4.90 Å². The van der Waals surface area contributed by atoms with Crippen molar-refractivity contribution in [3.8, 4) is 11.4 Å². The van der Waals surface area contributed by atoms with Crippen molar-refractivity contribution in [1.29, 1.82) is 0 Å². The van der Waals surface area contributed by atoms with Gasteiger partial charge in [0.1, 0.15) is 0 Å². The fourth-order valence-electron chi connectivity index (χ4n) is 3.60. The molecule has 8 heteroatoms. The van der Waals surface area contributed by atoms with Crippen molar-refractivity contribution in [3.63, 3.8) is 0 Å². The number of amides is 1. The van der Waals surface area contributed by atoms with Crippen LogP contribution in [0.25, 0.3) is 11.4 Å². The van der Waals surface area contributed by atoms with Crippen molar-refractivity contribution in [2.45, 2.75) is 32.0 Å². The summed E-state index contributed by atoms with van der Waals surface area (Å²) in [5, 5.41) is 10.6. The summed E-state index contributed by atoms with van der Waals surface area (Å²) in [5.41, 5.74) is 3.01. The Balaban J connectivity index is 1.56. The maximum Gasteiger partial charge on any atom is 0.237 e. The molecule has 0 radical (unpaired) electrons. The number of aromatic nitrogens is 3. The zero-order valence-electron chi connectivity index (χ0n) is 16.8. The zero-order valence-corrected chi connectivity index (χ0v) is 19.1. The highest BCUT2D eigenvalue weighted by Gasteiger charge is 2.25. The van der Waals surface area contributed by atoms with Crippen LogP contribution in [0.15, 0.2) is 47.6 Å². The second-order valence-electron chi connectivity index (χ2n) is 7.65. The van der Waals surface area contributed by atoms with E-state index in [1.807, 2.05) is 33.7 Å². The van der Waals surface area contributed by atoms with Crippen LogP contribution in [-0.4, -0.2) is 33.0 Å². The summed E-state index contributed by atoms with van der Waals surface area (Å²) in [6.45, 7) is 5.72. The van der Waals surface area contributed by atoms with Gasteiger partial charge in [0.2, 0.25) is 5.91 Å². The van der Waals surface area contributed by atoms with Gasteiger partial charge < -0.3 is 9.47 Å². The fourth-order valence-corrected chi connectivity index (χ4v) is 4.91. The number of benzene rings is 2. The highest BCUT2D eigenvalue weighted by atomic mass is 35.5. The first-order valence-corrected chi connectivity index (χ1v) is 11.6. The number of thioether (sulfide) groups is 1. The number of anilines is 1. The predicted molar refractivity (Wildman–Crippen MR) is 124 cm³/mol. The number of halogens is 2. The van der Waals surface area contributed by atoms with Crippen LogP contribution in [0, 0.1) is 5.92 Å². The van der Waals surface area contributed by atoms with Crippen LogP contribution in [0.4, 0.5) is 5.69 Å². The minimum absolute atomic E-state index is 0.0788. The molecular weight excluding hydrogens is 439 g/mol. The summed E-state index contributed by atoms with van der Waals surface area (Å²) in [4.78, 5) is 14.8. The number of rotatable bonds is 6. The van der Waals surface area contributed by atoms with Gasteiger partial charge >= 0.3 is 0 Å². The number of nitrogens with zero attached hydrogens (tertiary/aromatic N) is 4. The first kappa shape index (κ1) is 21.2. The van der Waals surface area contributed by atoms with E-state index in [1.54, 1.807) is 12.1 Å². The lowest BCUT2D eigenvalue weighted by molar-refractivity contribution is -0.116. The molecule has 5 nitrogen and oxygen atoms in total. The van der Waals surface area contributed by atoms with Crippen LogP contribution >= 0.6 is 35.0 Å². The molecule has 1 aliphatic rings. The molecule has 0 atom stereocenters. The Morgan fingerprint density at radius 3 is 2.73 bits per heavy atom. The van der Waals surface area contributed by atoms with Gasteiger partial charge in [-0.2, -0.15) is 0 Å². The Kier molecular flexibility index (Phi) is 6.37. The molecule has 0 saturated heterocycles. The number of para-hydroxylation sites is 1. The SMILES string of the molecule is CC(C)Cn1c(SCC(=O)N2CCc3ccccc32)nnc1-c1ccc(Cl)cc1Cl. The van der Waals surface area contributed by atoms with Crippen molar-refractivity contribution < 1.29 is 4.79 Å². The third-order valence-corrected chi connectivity index (χ3v) is 6.45. The van der Waals surface area contributed by atoms with E-state index >= 15 is 0 Å². The summed E-state index contributed by atoms with van der Waals surface area (Å²) in [6, 6.07) is 13.4. The minimum Gasteiger partial charge on any atom is -0.311 e. The Bertz CT molecular complexity index is 1080. The Hall–Kier alpha value is -2.02. The third kappa shape index (κ3) is 4.36. The van der Waals surface area contributed by atoms with Crippen molar-refractivity contribution in [2.24, 2.45) is 5.92 Å². The summed E-state index contributed by atoms with van der Waals surface area (Å²) in [6.07, 6.45) is 0.898. The lowest BCUT2D eigenvalue weighted by atomic mass is 10.2. The van der Waals surface area contributed by atoms with Crippen molar-refractivity contribution in [3.05, 3.63) is 58.1 Å². The van der Waals surface area contributed by atoms with Gasteiger partial charge in [0.15, 0.2) is 11.0 Å². The molecule has 0 bridgehead atoms. The molecule has 1 aromatic heterocycles. The van der Waals surface area contributed by atoms with E-state index in [-0.39, 0.29) is 5.91 Å². The fraction of sp³-hybridized carbons (Fsp3) is 0.318. The molecule has 0 fully saturated rings. The molecule has 156 valence electrons. The monoisotopic (exact) mass is 460 g/mol. The predicted octanol–water partition coefficient (Wildman–Crippen LogP) is 5.59. The largest absolute Gasteiger partial charge is 0.311 e. The lowest BCUT2D eigenvalue weighted by Gasteiger charge is -2.17. The number of hydrogen-bond acceptors (Lipinski definition) is 4. The molecule has 0 spiro atoms. The second kappa shape index (κ2) is 9.00. The molecular formula is C22H22Cl2N4OS. The van der Waals surface area contributed by atoms with Gasteiger partial charge in [-0.25, -0.2) is 0 Å². The summed E-state index contributed by atoms with van der Waals surface area (Å²) in [7, 11) is 0. The molecule has 30 heavy (non-hydrogen) atoms. The second-order valence-corrected chi connectivity index (χ2v) is 9.43. The maximum atomic E-state index is 12.9.